The third-order valence-corrected chi connectivity index (χ3v) is 6.16. The minimum absolute atomic E-state index is 0.0164. The number of carbonyl (C=O) groups excluding carboxylic acids is 1. The second kappa shape index (κ2) is 10.1. The molecule has 2 aromatic heterocycles. The molecule has 1 atom stereocenters. The van der Waals surface area contributed by atoms with Crippen molar-refractivity contribution in [3.63, 3.8) is 0 Å². The van der Waals surface area contributed by atoms with Crippen LogP contribution in [0.3, 0.4) is 0 Å². The summed E-state index contributed by atoms with van der Waals surface area (Å²) in [5, 5.41) is 5.75. The van der Waals surface area contributed by atoms with E-state index < -0.39 is 0 Å². The summed E-state index contributed by atoms with van der Waals surface area (Å²) in [6.07, 6.45) is 0.189. The molecule has 0 aliphatic rings. The van der Waals surface area contributed by atoms with Crippen LogP contribution < -0.4 is 5.32 Å². The number of halogens is 1. The zero-order valence-corrected chi connectivity index (χ0v) is 18.5. The van der Waals surface area contributed by atoms with Gasteiger partial charge in [-0.1, -0.05) is 49.7 Å². The van der Waals surface area contributed by atoms with Crippen molar-refractivity contribution in [3.8, 4) is 10.8 Å². The van der Waals surface area contributed by atoms with Crippen molar-refractivity contribution in [2.24, 2.45) is 0 Å². The minimum atomic E-state index is -0.0802. The number of thiophene rings is 1. The highest BCUT2D eigenvalue weighted by molar-refractivity contribution is 7.13. The largest absolute Gasteiger partial charge is 0.440 e. The van der Waals surface area contributed by atoms with Crippen LogP contribution in [0.15, 0.2) is 46.2 Å². The van der Waals surface area contributed by atoms with Crippen LogP contribution >= 0.6 is 22.9 Å². The first-order valence-corrected chi connectivity index (χ1v) is 11.0. The second-order valence-electron chi connectivity index (χ2n) is 6.74. The van der Waals surface area contributed by atoms with E-state index >= 15 is 0 Å². The predicted octanol–water partition coefficient (Wildman–Crippen LogP) is 5.11. The lowest BCUT2D eigenvalue weighted by atomic mass is 10.0. The van der Waals surface area contributed by atoms with Gasteiger partial charge >= 0.3 is 0 Å². The molecule has 0 saturated carbocycles. The second-order valence-corrected chi connectivity index (χ2v) is 8.09. The van der Waals surface area contributed by atoms with E-state index in [4.69, 9.17) is 16.0 Å². The van der Waals surface area contributed by atoms with Gasteiger partial charge in [-0.15, -0.1) is 11.3 Å². The minimum Gasteiger partial charge on any atom is -0.440 e. The fourth-order valence-electron chi connectivity index (χ4n) is 3.37. The standard InChI is InChI=1S/C22H26ClN3O2S/c1-4-26(5-2)19(16-9-6-7-10-17(16)23)14-24-21(27)13-18-15(3)28-22(25-18)20-11-8-12-29-20/h6-12,19H,4-5,13-14H2,1-3H3,(H,24,27). The number of benzene rings is 1. The number of aromatic nitrogens is 1. The molecule has 3 rings (SSSR count). The number of hydrogen-bond acceptors (Lipinski definition) is 5. The number of hydrogen-bond donors (Lipinski definition) is 1. The lowest BCUT2D eigenvalue weighted by Gasteiger charge is -2.30. The summed E-state index contributed by atoms with van der Waals surface area (Å²) in [6, 6.07) is 11.7. The Labute approximate surface area is 180 Å². The molecule has 1 aromatic carbocycles. The van der Waals surface area contributed by atoms with E-state index in [1.54, 1.807) is 11.3 Å². The van der Waals surface area contributed by atoms with Crippen LogP contribution in [0.2, 0.25) is 5.02 Å². The molecule has 5 nitrogen and oxygen atoms in total. The normalized spacial score (nSPS) is 12.3. The van der Waals surface area contributed by atoms with E-state index in [9.17, 15) is 4.79 Å². The molecule has 1 N–H and O–H groups in total. The predicted molar refractivity (Wildman–Crippen MR) is 118 cm³/mol. The van der Waals surface area contributed by atoms with Gasteiger partial charge in [-0.25, -0.2) is 4.98 Å². The van der Waals surface area contributed by atoms with E-state index in [1.807, 2.05) is 48.7 Å². The summed E-state index contributed by atoms with van der Waals surface area (Å²) in [6.45, 7) is 8.29. The van der Waals surface area contributed by atoms with Crippen molar-refractivity contribution in [1.29, 1.82) is 0 Å². The lowest BCUT2D eigenvalue weighted by molar-refractivity contribution is -0.120. The van der Waals surface area contributed by atoms with Gasteiger partial charge in [-0.05, 0) is 43.1 Å². The maximum Gasteiger partial charge on any atom is 0.236 e. The number of nitrogens with zero attached hydrogens (tertiary/aromatic N) is 2. The summed E-state index contributed by atoms with van der Waals surface area (Å²) in [4.78, 5) is 20.4. The molecule has 0 saturated heterocycles. The molecule has 0 radical (unpaired) electrons. The van der Waals surface area contributed by atoms with Crippen LogP contribution in [0.25, 0.3) is 10.8 Å². The molecule has 0 aliphatic heterocycles. The molecular weight excluding hydrogens is 406 g/mol. The number of aryl methyl sites for hydroxylation is 1. The van der Waals surface area contributed by atoms with Crippen LogP contribution in [0.5, 0.6) is 0 Å². The Morgan fingerprint density at radius 2 is 2.00 bits per heavy atom. The van der Waals surface area contributed by atoms with E-state index in [-0.39, 0.29) is 18.4 Å². The number of likely N-dealkylation sites (N-methyl/N-ethyl adjacent to an activating group) is 1. The van der Waals surface area contributed by atoms with E-state index in [0.29, 0.717) is 28.9 Å². The Hall–Kier alpha value is -2.15. The quantitative estimate of drug-likeness (QED) is 0.511. The fourth-order valence-corrected chi connectivity index (χ4v) is 4.28. The van der Waals surface area contributed by atoms with Crippen molar-refractivity contribution >= 4 is 28.8 Å². The molecule has 3 aromatic rings. The monoisotopic (exact) mass is 431 g/mol. The van der Waals surface area contributed by atoms with Gasteiger partial charge in [-0.2, -0.15) is 0 Å². The maximum absolute atomic E-state index is 12.6. The summed E-state index contributed by atoms with van der Waals surface area (Å²) in [5.41, 5.74) is 1.69. The van der Waals surface area contributed by atoms with E-state index in [2.05, 4.69) is 29.0 Å². The number of oxazole rings is 1. The third kappa shape index (κ3) is 5.26. The molecule has 29 heavy (non-hydrogen) atoms. The molecule has 0 spiro atoms. The Bertz CT molecular complexity index is 935. The van der Waals surface area contributed by atoms with Gasteiger partial charge in [0.1, 0.15) is 5.76 Å². The average molecular weight is 432 g/mol. The summed E-state index contributed by atoms with van der Waals surface area (Å²) in [5.74, 6) is 1.16. The van der Waals surface area contributed by atoms with E-state index in [0.717, 1.165) is 23.5 Å². The zero-order chi connectivity index (χ0) is 20.8. The molecule has 0 aliphatic carbocycles. The molecule has 1 unspecified atom stereocenters. The maximum atomic E-state index is 12.6. The third-order valence-electron chi connectivity index (χ3n) is 4.96. The number of nitrogens with one attached hydrogen (secondary N) is 1. The summed E-state index contributed by atoms with van der Waals surface area (Å²) in [7, 11) is 0. The van der Waals surface area contributed by atoms with Gasteiger partial charge in [-0.3, -0.25) is 9.69 Å². The van der Waals surface area contributed by atoms with Crippen LogP contribution in [0.4, 0.5) is 0 Å². The SMILES string of the molecule is CCN(CC)C(CNC(=O)Cc1nc(-c2cccs2)oc1C)c1ccccc1Cl. The van der Waals surface area contributed by atoms with Crippen molar-refractivity contribution in [3.05, 3.63) is 63.8 Å². The zero-order valence-electron chi connectivity index (χ0n) is 16.9. The Balaban J connectivity index is 1.68. The Kier molecular flexibility index (Phi) is 7.47. The van der Waals surface area contributed by atoms with Crippen molar-refractivity contribution in [1.82, 2.24) is 15.2 Å². The number of rotatable bonds is 9. The van der Waals surface area contributed by atoms with Gasteiger partial charge in [0.2, 0.25) is 11.8 Å². The van der Waals surface area contributed by atoms with Crippen LogP contribution in [-0.4, -0.2) is 35.4 Å². The molecule has 0 bridgehead atoms. The molecule has 7 heteroatoms. The highest BCUT2D eigenvalue weighted by Gasteiger charge is 2.22. The van der Waals surface area contributed by atoms with Crippen LogP contribution in [-0.2, 0) is 11.2 Å². The van der Waals surface area contributed by atoms with Crippen LogP contribution in [0, 0.1) is 6.92 Å². The van der Waals surface area contributed by atoms with Crippen molar-refractivity contribution in [2.45, 2.75) is 33.2 Å². The number of amides is 1. The van der Waals surface area contributed by atoms with Gasteiger partial charge in [0.15, 0.2) is 0 Å². The first-order chi connectivity index (χ1) is 14.0. The highest BCUT2D eigenvalue weighted by atomic mass is 35.5. The Morgan fingerprint density at radius 3 is 2.66 bits per heavy atom. The van der Waals surface area contributed by atoms with Crippen LogP contribution in [0.1, 0.15) is 36.9 Å². The summed E-state index contributed by atoms with van der Waals surface area (Å²) < 4.78 is 5.74. The molecular formula is C22H26ClN3O2S. The van der Waals surface area contributed by atoms with Gasteiger partial charge in [0, 0.05) is 11.6 Å². The highest BCUT2D eigenvalue weighted by Crippen LogP contribution is 2.28. The molecule has 1 amide bonds. The first kappa shape index (κ1) is 21.6. The summed E-state index contributed by atoms with van der Waals surface area (Å²) >= 11 is 8.00. The topological polar surface area (TPSA) is 58.4 Å². The first-order valence-electron chi connectivity index (χ1n) is 9.78. The number of carbonyl (C=O) groups is 1. The molecule has 154 valence electrons. The smallest absolute Gasteiger partial charge is 0.236 e. The van der Waals surface area contributed by atoms with Gasteiger partial charge in [0.25, 0.3) is 0 Å². The van der Waals surface area contributed by atoms with Crippen molar-refractivity contribution in [2.75, 3.05) is 19.6 Å². The molecule has 2 heterocycles. The average Bonchev–Trinajstić information content (AvgIpc) is 3.36. The fraction of sp³-hybridized carbons (Fsp3) is 0.364. The van der Waals surface area contributed by atoms with E-state index in [1.165, 1.54) is 0 Å². The van der Waals surface area contributed by atoms with Gasteiger partial charge in [0.05, 0.1) is 23.0 Å². The Morgan fingerprint density at radius 1 is 1.24 bits per heavy atom. The lowest BCUT2D eigenvalue weighted by Crippen LogP contribution is -2.38. The van der Waals surface area contributed by atoms with Gasteiger partial charge < -0.3 is 9.73 Å². The van der Waals surface area contributed by atoms with Crippen molar-refractivity contribution < 1.29 is 9.21 Å². The molecule has 0 fully saturated rings.